The van der Waals surface area contributed by atoms with Gasteiger partial charge in [-0.3, -0.25) is 5.10 Å². The van der Waals surface area contributed by atoms with E-state index in [-0.39, 0.29) is 0 Å². The molecule has 3 aromatic carbocycles. The van der Waals surface area contributed by atoms with Gasteiger partial charge in [0.05, 0.1) is 5.52 Å². The molecule has 0 radical (unpaired) electrons. The average Bonchev–Trinajstić information content (AvgIpc) is 3.47. The normalized spacial score (nSPS) is 11.3. The highest BCUT2D eigenvalue weighted by atomic mass is 16.5. The molecule has 33 heavy (non-hydrogen) atoms. The smallest absolute Gasteiger partial charge is 0.153 e. The van der Waals surface area contributed by atoms with E-state index in [2.05, 4.69) is 62.6 Å². The van der Waals surface area contributed by atoms with Gasteiger partial charge in [-0.1, -0.05) is 36.4 Å². The Balaban J connectivity index is 1.30. The molecule has 0 saturated carbocycles. The summed E-state index contributed by atoms with van der Waals surface area (Å²) in [6, 6.07) is 28.6. The fourth-order valence-corrected chi connectivity index (χ4v) is 4.11. The van der Waals surface area contributed by atoms with Crippen LogP contribution >= 0.6 is 0 Å². The van der Waals surface area contributed by atoms with Crippen molar-refractivity contribution in [2.75, 3.05) is 5.73 Å². The fraction of sp³-hybridized carbons (Fsp3) is 0.0370. The maximum atomic E-state index is 6.01. The Bertz CT molecular complexity index is 1570. The van der Waals surface area contributed by atoms with E-state index in [0.717, 1.165) is 55.6 Å². The van der Waals surface area contributed by atoms with Crippen LogP contribution < -0.4 is 10.5 Å². The van der Waals surface area contributed by atoms with Gasteiger partial charge in [0, 0.05) is 22.7 Å². The van der Waals surface area contributed by atoms with Crippen LogP contribution in [0.25, 0.3) is 44.3 Å². The largest absolute Gasteiger partial charge is 0.489 e. The number of nitrogens with two attached hydrogens (primary N) is 1. The Hall–Kier alpha value is -4.58. The molecule has 0 atom stereocenters. The van der Waals surface area contributed by atoms with Gasteiger partial charge in [0.1, 0.15) is 18.0 Å². The number of nitrogen functional groups attached to an aromatic ring is 1. The summed E-state index contributed by atoms with van der Waals surface area (Å²) in [6.45, 7) is 0.547. The third kappa shape index (κ3) is 3.57. The molecule has 0 unspecified atom stereocenters. The average molecular weight is 431 g/mol. The number of hydrogen-bond donors (Lipinski definition) is 3. The molecule has 6 nitrogen and oxygen atoms in total. The number of aromatic amines is 2. The topological polar surface area (TPSA) is 92.6 Å². The van der Waals surface area contributed by atoms with Gasteiger partial charge in [-0.2, -0.15) is 5.10 Å². The predicted molar refractivity (Wildman–Crippen MR) is 132 cm³/mol. The molecule has 4 N–H and O–H groups in total. The summed E-state index contributed by atoms with van der Waals surface area (Å²) in [5.41, 5.74) is 13.1. The number of ether oxygens (including phenoxy) is 1. The number of H-pyrrole nitrogens is 2. The summed E-state index contributed by atoms with van der Waals surface area (Å²) in [5, 5.41) is 9.02. The first-order valence-corrected chi connectivity index (χ1v) is 10.7. The second-order valence-corrected chi connectivity index (χ2v) is 7.97. The van der Waals surface area contributed by atoms with Crippen LogP contribution in [0.2, 0.25) is 0 Å². The van der Waals surface area contributed by atoms with E-state index in [9.17, 15) is 0 Å². The van der Waals surface area contributed by atoms with Gasteiger partial charge in [-0.05, 0) is 70.8 Å². The number of pyridine rings is 1. The molecule has 0 fully saturated rings. The van der Waals surface area contributed by atoms with Gasteiger partial charge < -0.3 is 15.5 Å². The van der Waals surface area contributed by atoms with Crippen LogP contribution in [0.5, 0.6) is 5.75 Å². The van der Waals surface area contributed by atoms with Crippen LogP contribution in [-0.2, 0) is 6.61 Å². The molecule has 0 aliphatic carbocycles. The van der Waals surface area contributed by atoms with Crippen molar-refractivity contribution in [2.45, 2.75) is 6.61 Å². The number of nitrogens with one attached hydrogen (secondary N) is 2. The molecular formula is C27H21N5O. The quantitative estimate of drug-likeness (QED) is 0.315. The lowest BCUT2D eigenvalue weighted by Crippen LogP contribution is -1.94. The SMILES string of the molecule is Nc1n[nH]c2ccc(-c3ccnc4[nH]c(-c5ccc(OCc6ccccc6)cc5)cc34)cc12. The van der Waals surface area contributed by atoms with Crippen molar-refractivity contribution < 1.29 is 4.74 Å². The van der Waals surface area contributed by atoms with Crippen molar-refractivity contribution >= 4 is 27.8 Å². The van der Waals surface area contributed by atoms with Crippen molar-refractivity contribution in [3.05, 3.63) is 96.7 Å². The van der Waals surface area contributed by atoms with Gasteiger partial charge in [0.25, 0.3) is 0 Å². The molecule has 0 aliphatic heterocycles. The zero-order chi connectivity index (χ0) is 22.2. The number of fused-ring (bicyclic) bond motifs is 2. The number of rotatable bonds is 5. The predicted octanol–water partition coefficient (Wildman–Crippen LogP) is 5.93. The first-order valence-electron chi connectivity index (χ1n) is 10.7. The van der Waals surface area contributed by atoms with Crippen LogP contribution in [0, 0.1) is 0 Å². The van der Waals surface area contributed by atoms with E-state index in [4.69, 9.17) is 10.5 Å². The number of aromatic nitrogens is 4. The number of hydrogen-bond acceptors (Lipinski definition) is 4. The molecule has 0 saturated heterocycles. The maximum Gasteiger partial charge on any atom is 0.153 e. The fourth-order valence-electron chi connectivity index (χ4n) is 4.11. The van der Waals surface area contributed by atoms with Gasteiger partial charge in [-0.25, -0.2) is 4.98 Å². The van der Waals surface area contributed by atoms with Crippen molar-refractivity contribution in [2.24, 2.45) is 0 Å². The highest BCUT2D eigenvalue weighted by Crippen LogP contribution is 2.33. The molecule has 6 heteroatoms. The van der Waals surface area contributed by atoms with Crippen LogP contribution in [0.1, 0.15) is 5.56 Å². The van der Waals surface area contributed by atoms with Crippen LogP contribution in [0.3, 0.4) is 0 Å². The zero-order valence-electron chi connectivity index (χ0n) is 17.7. The molecule has 6 rings (SSSR count). The van der Waals surface area contributed by atoms with E-state index < -0.39 is 0 Å². The molecule has 0 aliphatic rings. The Morgan fingerprint density at radius 3 is 2.48 bits per heavy atom. The molecule has 0 spiro atoms. The van der Waals surface area contributed by atoms with E-state index in [0.29, 0.717) is 12.4 Å². The summed E-state index contributed by atoms with van der Waals surface area (Å²) in [7, 11) is 0. The minimum atomic E-state index is 0.501. The third-order valence-corrected chi connectivity index (χ3v) is 5.85. The number of anilines is 1. The van der Waals surface area contributed by atoms with E-state index >= 15 is 0 Å². The van der Waals surface area contributed by atoms with Gasteiger partial charge in [-0.15, -0.1) is 0 Å². The highest BCUT2D eigenvalue weighted by Gasteiger charge is 2.12. The Kier molecular flexibility index (Phi) is 4.54. The standard InChI is InChI=1S/C27H21N5O/c28-26-23-14-19(8-11-24(23)31-32-26)21-12-13-29-27-22(21)15-25(30-27)18-6-9-20(10-7-18)33-16-17-4-2-1-3-5-17/h1-15H,16H2,(H,29,30)(H3,28,31,32). The van der Waals surface area contributed by atoms with Crippen LogP contribution in [0.4, 0.5) is 5.82 Å². The second-order valence-electron chi connectivity index (χ2n) is 7.97. The van der Waals surface area contributed by atoms with Crippen molar-refractivity contribution in [3.63, 3.8) is 0 Å². The lowest BCUT2D eigenvalue weighted by atomic mass is 10.0. The maximum absolute atomic E-state index is 6.01. The molecule has 0 amide bonds. The van der Waals surface area contributed by atoms with E-state index in [1.807, 2.05) is 48.7 Å². The second kappa shape index (κ2) is 7.84. The van der Waals surface area contributed by atoms with E-state index in [1.165, 1.54) is 0 Å². The van der Waals surface area contributed by atoms with Crippen molar-refractivity contribution in [3.8, 4) is 28.1 Å². The summed E-state index contributed by atoms with van der Waals surface area (Å²) in [4.78, 5) is 7.99. The molecule has 6 aromatic rings. The minimum absolute atomic E-state index is 0.501. The van der Waals surface area contributed by atoms with Crippen LogP contribution in [-0.4, -0.2) is 20.2 Å². The molecule has 0 bridgehead atoms. The molecular weight excluding hydrogens is 410 g/mol. The van der Waals surface area contributed by atoms with Gasteiger partial charge in [0.2, 0.25) is 0 Å². The number of nitrogens with zero attached hydrogens (tertiary/aromatic N) is 2. The number of benzene rings is 3. The Morgan fingerprint density at radius 1 is 0.818 bits per heavy atom. The summed E-state index contributed by atoms with van der Waals surface area (Å²) < 4.78 is 5.92. The zero-order valence-corrected chi connectivity index (χ0v) is 17.7. The van der Waals surface area contributed by atoms with E-state index in [1.54, 1.807) is 0 Å². The summed E-state index contributed by atoms with van der Waals surface area (Å²) >= 11 is 0. The lowest BCUT2D eigenvalue weighted by Gasteiger charge is -2.07. The first-order chi connectivity index (χ1) is 16.2. The summed E-state index contributed by atoms with van der Waals surface area (Å²) in [6.07, 6.45) is 1.82. The van der Waals surface area contributed by atoms with Crippen LogP contribution in [0.15, 0.2) is 91.1 Å². The summed E-state index contributed by atoms with van der Waals surface area (Å²) in [5.74, 6) is 1.34. The highest BCUT2D eigenvalue weighted by molar-refractivity contribution is 5.99. The van der Waals surface area contributed by atoms with Crippen molar-refractivity contribution in [1.29, 1.82) is 0 Å². The van der Waals surface area contributed by atoms with Crippen molar-refractivity contribution in [1.82, 2.24) is 20.2 Å². The first kappa shape index (κ1) is 19.1. The Morgan fingerprint density at radius 2 is 1.64 bits per heavy atom. The van der Waals surface area contributed by atoms with Gasteiger partial charge >= 0.3 is 0 Å². The molecule has 3 aromatic heterocycles. The third-order valence-electron chi connectivity index (χ3n) is 5.85. The minimum Gasteiger partial charge on any atom is -0.489 e. The monoisotopic (exact) mass is 431 g/mol. The molecule has 3 heterocycles. The van der Waals surface area contributed by atoms with Gasteiger partial charge in [0.15, 0.2) is 5.82 Å². The lowest BCUT2D eigenvalue weighted by molar-refractivity contribution is 0.306. The Labute approximate surface area is 190 Å². The molecule has 160 valence electrons.